The van der Waals surface area contributed by atoms with Gasteiger partial charge in [-0.05, 0) is 116 Å². The first kappa shape index (κ1) is 78.5. The van der Waals surface area contributed by atoms with Crippen molar-refractivity contribution in [1.29, 1.82) is 0 Å². The molecule has 472 valence electrons. The third-order valence-corrected chi connectivity index (χ3v) is 14.7. The summed E-state index contributed by atoms with van der Waals surface area (Å²) < 4.78 is 17.0. The number of rotatable bonds is 62. The number of ether oxygens (including phenoxy) is 3. The zero-order valence-electron chi connectivity index (χ0n) is 54.2. The Hall–Kier alpha value is -4.45. The number of unbranched alkanes of at least 4 members (excludes halogenated alkanes) is 29. The Morgan fingerprint density at radius 3 is 0.759 bits per heavy atom. The summed E-state index contributed by atoms with van der Waals surface area (Å²) in [7, 11) is 0. The Balaban J connectivity index is 4.48. The normalized spacial score (nSPS) is 13.0. The molecule has 0 spiro atoms. The van der Waals surface area contributed by atoms with E-state index in [1.165, 1.54) is 141 Å². The van der Waals surface area contributed by atoms with E-state index in [1.54, 1.807) is 0 Å². The van der Waals surface area contributed by atoms with Gasteiger partial charge in [0.05, 0.1) is 0 Å². The SMILES string of the molecule is CC/C=C\C/C=C\C/C=C\C/C=C\C/C=C\C/C=C\CCCCC(=O)OC(COC(=O)CCCCCCCCC/C=C\C/C=C\C/C=C\C/C=C\C/C=C\CC)COC(=O)CCCCCCCCCCCCCCCCCCCCCCC. The van der Waals surface area contributed by atoms with Crippen LogP contribution in [0.5, 0.6) is 0 Å². The van der Waals surface area contributed by atoms with Gasteiger partial charge in [0.2, 0.25) is 0 Å². The zero-order chi connectivity index (χ0) is 59.9. The summed E-state index contributed by atoms with van der Waals surface area (Å²) in [5, 5.41) is 0. The molecule has 83 heavy (non-hydrogen) atoms. The van der Waals surface area contributed by atoms with Crippen LogP contribution >= 0.6 is 0 Å². The fourth-order valence-electron chi connectivity index (χ4n) is 9.53. The number of esters is 3. The van der Waals surface area contributed by atoms with Gasteiger partial charge in [-0.15, -0.1) is 0 Å². The molecule has 0 aromatic carbocycles. The molecule has 0 N–H and O–H groups in total. The maximum atomic E-state index is 12.9. The largest absolute Gasteiger partial charge is 0.462 e. The van der Waals surface area contributed by atoms with E-state index >= 15 is 0 Å². The zero-order valence-corrected chi connectivity index (χ0v) is 54.2. The van der Waals surface area contributed by atoms with E-state index in [0.717, 1.165) is 128 Å². The molecule has 0 aliphatic rings. The highest BCUT2D eigenvalue weighted by Crippen LogP contribution is 2.17. The Kier molecular flexibility index (Phi) is 66.3. The summed E-state index contributed by atoms with van der Waals surface area (Å²) >= 11 is 0. The number of allylic oxidation sites excluding steroid dienone is 22. The lowest BCUT2D eigenvalue weighted by atomic mass is 10.0. The van der Waals surface area contributed by atoms with Gasteiger partial charge < -0.3 is 14.2 Å². The maximum absolute atomic E-state index is 12.9. The predicted molar refractivity (Wildman–Crippen MR) is 362 cm³/mol. The van der Waals surface area contributed by atoms with Crippen LogP contribution in [0.4, 0.5) is 0 Å². The number of hydrogen-bond acceptors (Lipinski definition) is 6. The number of hydrogen-bond donors (Lipinski definition) is 0. The Morgan fingerprint density at radius 1 is 0.253 bits per heavy atom. The first-order valence-corrected chi connectivity index (χ1v) is 34.7. The van der Waals surface area contributed by atoms with Crippen LogP contribution in [0, 0.1) is 0 Å². The van der Waals surface area contributed by atoms with Crippen LogP contribution in [-0.4, -0.2) is 37.2 Å². The second-order valence-electron chi connectivity index (χ2n) is 22.7. The fraction of sp³-hybridized carbons (Fsp3) is 0.675. The molecule has 0 saturated heterocycles. The first-order chi connectivity index (χ1) is 41.0. The van der Waals surface area contributed by atoms with Crippen molar-refractivity contribution in [2.45, 2.75) is 322 Å². The van der Waals surface area contributed by atoms with Crippen molar-refractivity contribution >= 4 is 17.9 Å². The van der Waals surface area contributed by atoms with Crippen molar-refractivity contribution in [1.82, 2.24) is 0 Å². The third kappa shape index (κ3) is 68.2. The van der Waals surface area contributed by atoms with Gasteiger partial charge in [-0.1, -0.05) is 315 Å². The smallest absolute Gasteiger partial charge is 0.306 e. The standard InChI is InChI=1S/C77H128O6/c1-4-7-10-13-16-19-22-25-28-31-34-37-38-41-43-46-49-52-55-58-61-64-67-70-76(79)82-73-74(83-77(80)71-68-65-62-59-56-53-50-47-44-40-36-33-30-27-24-21-18-15-12-9-6-3)72-81-75(78)69-66-63-60-57-54-51-48-45-42-39-35-32-29-26-23-20-17-14-11-8-5-2/h7,9-10,12,16,18-19,21,25,27-28,30,34,36-37,40-41,43,47,50,56,59,74H,4-6,8,11,13-15,17,20,22-24,26,29,31-33,35,38-39,42,44-46,48-49,51-55,57-58,60-73H2,1-3H3/b10-7-,12-9-,19-16-,21-18-,28-25-,30-27-,37-34-,40-36-,43-41-,50-47-,59-56-. The minimum atomic E-state index is -0.812. The molecular weight excluding hydrogens is 1020 g/mol. The second-order valence-corrected chi connectivity index (χ2v) is 22.7. The van der Waals surface area contributed by atoms with Crippen molar-refractivity contribution in [3.05, 3.63) is 134 Å². The molecule has 0 bridgehead atoms. The van der Waals surface area contributed by atoms with Gasteiger partial charge in [-0.25, -0.2) is 0 Å². The van der Waals surface area contributed by atoms with Gasteiger partial charge in [0.15, 0.2) is 6.10 Å². The molecule has 0 rings (SSSR count). The van der Waals surface area contributed by atoms with Gasteiger partial charge in [0.1, 0.15) is 13.2 Å². The summed E-state index contributed by atoms with van der Waals surface area (Å²) in [4.78, 5) is 38.5. The monoisotopic (exact) mass is 1150 g/mol. The van der Waals surface area contributed by atoms with Gasteiger partial charge in [0.25, 0.3) is 0 Å². The van der Waals surface area contributed by atoms with Gasteiger partial charge in [-0.3, -0.25) is 14.4 Å². The molecule has 6 nitrogen and oxygen atoms in total. The van der Waals surface area contributed by atoms with Crippen LogP contribution in [0.25, 0.3) is 0 Å². The molecule has 0 radical (unpaired) electrons. The first-order valence-electron chi connectivity index (χ1n) is 34.7. The van der Waals surface area contributed by atoms with Crippen LogP contribution in [0.15, 0.2) is 134 Å². The van der Waals surface area contributed by atoms with Crippen molar-refractivity contribution in [3.63, 3.8) is 0 Å². The lowest BCUT2D eigenvalue weighted by molar-refractivity contribution is -0.167. The molecule has 0 aromatic rings. The van der Waals surface area contributed by atoms with Crippen LogP contribution in [0.1, 0.15) is 316 Å². The van der Waals surface area contributed by atoms with E-state index in [-0.39, 0.29) is 37.5 Å². The van der Waals surface area contributed by atoms with Crippen molar-refractivity contribution in [3.8, 4) is 0 Å². The van der Waals surface area contributed by atoms with E-state index in [4.69, 9.17) is 14.2 Å². The lowest BCUT2D eigenvalue weighted by Crippen LogP contribution is -2.30. The fourth-order valence-corrected chi connectivity index (χ4v) is 9.53. The summed E-state index contributed by atoms with van der Waals surface area (Å²) in [5.41, 5.74) is 0. The maximum Gasteiger partial charge on any atom is 0.306 e. The van der Waals surface area contributed by atoms with Crippen molar-refractivity contribution < 1.29 is 28.6 Å². The molecular formula is C77H128O6. The summed E-state index contributed by atoms with van der Waals surface area (Å²) in [6, 6.07) is 0. The summed E-state index contributed by atoms with van der Waals surface area (Å²) in [5.74, 6) is -0.946. The minimum absolute atomic E-state index is 0.100. The minimum Gasteiger partial charge on any atom is -0.462 e. The van der Waals surface area contributed by atoms with Crippen LogP contribution in [0.2, 0.25) is 0 Å². The van der Waals surface area contributed by atoms with Gasteiger partial charge in [0, 0.05) is 19.3 Å². The topological polar surface area (TPSA) is 78.9 Å². The average molecular weight is 1150 g/mol. The quantitative estimate of drug-likeness (QED) is 0.0261. The van der Waals surface area contributed by atoms with Crippen LogP contribution in [-0.2, 0) is 28.6 Å². The molecule has 0 heterocycles. The Morgan fingerprint density at radius 2 is 0.470 bits per heavy atom. The number of carbonyl (C=O) groups is 3. The Bertz CT molecular complexity index is 1750. The summed E-state index contributed by atoms with van der Waals surface area (Å²) in [6.45, 7) is 6.40. The molecule has 1 unspecified atom stereocenters. The molecule has 0 aliphatic carbocycles. The lowest BCUT2D eigenvalue weighted by Gasteiger charge is -2.18. The van der Waals surface area contributed by atoms with E-state index in [2.05, 4.69) is 154 Å². The van der Waals surface area contributed by atoms with Gasteiger partial charge >= 0.3 is 17.9 Å². The molecule has 0 fully saturated rings. The second kappa shape index (κ2) is 70.0. The summed E-state index contributed by atoms with van der Waals surface area (Å²) in [6.07, 6.45) is 98.9. The van der Waals surface area contributed by atoms with E-state index in [1.807, 2.05) is 0 Å². The van der Waals surface area contributed by atoms with E-state index in [9.17, 15) is 14.4 Å². The molecule has 6 heteroatoms. The van der Waals surface area contributed by atoms with E-state index < -0.39 is 6.10 Å². The Labute approximate surface area is 513 Å². The highest BCUT2D eigenvalue weighted by atomic mass is 16.6. The average Bonchev–Trinajstić information content (AvgIpc) is 3.49. The predicted octanol–water partition coefficient (Wildman–Crippen LogP) is 24.1. The number of carbonyl (C=O) groups excluding carboxylic acids is 3. The van der Waals surface area contributed by atoms with E-state index in [0.29, 0.717) is 19.3 Å². The third-order valence-electron chi connectivity index (χ3n) is 14.7. The molecule has 0 amide bonds. The molecule has 0 aromatic heterocycles. The van der Waals surface area contributed by atoms with Crippen LogP contribution < -0.4 is 0 Å². The molecule has 0 aliphatic heterocycles. The molecule has 1 atom stereocenters. The van der Waals surface area contributed by atoms with Crippen molar-refractivity contribution in [2.75, 3.05) is 13.2 Å². The van der Waals surface area contributed by atoms with Crippen molar-refractivity contribution in [2.24, 2.45) is 0 Å². The highest BCUT2D eigenvalue weighted by Gasteiger charge is 2.19. The van der Waals surface area contributed by atoms with Gasteiger partial charge in [-0.2, -0.15) is 0 Å². The molecule has 0 saturated carbocycles. The van der Waals surface area contributed by atoms with Crippen LogP contribution in [0.3, 0.4) is 0 Å². The highest BCUT2D eigenvalue weighted by molar-refractivity contribution is 5.71.